The summed E-state index contributed by atoms with van der Waals surface area (Å²) < 4.78 is 0. The Balaban J connectivity index is 1.60. The SMILES string of the molecule is N#Cc1ccc(Cl)cc1NC(=O)C1CN(C(=O)c2cccs2)C1. The maximum Gasteiger partial charge on any atom is 0.263 e. The number of halogens is 1. The highest BCUT2D eigenvalue weighted by Gasteiger charge is 2.36. The van der Waals surface area contributed by atoms with Gasteiger partial charge in [-0.05, 0) is 29.6 Å². The molecule has 0 bridgehead atoms. The number of thiophene rings is 1. The van der Waals surface area contributed by atoms with Gasteiger partial charge in [0.2, 0.25) is 5.91 Å². The van der Waals surface area contributed by atoms with E-state index in [9.17, 15) is 9.59 Å². The second-order valence-electron chi connectivity index (χ2n) is 5.18. The fourth-order valence-corrected chi connectivity index (χ4v) is 3.18. The second kappa shape index (κ2) is 6.41. The summed E-state index contributed by atoms with van der Waals surface area (Å²) in [6.45, 7) is 0.760. The van der Waals surface area contributed by atoms with E-state index in [1.54, 1.807) is 29.2 Å². The second-order valence-corrected chi connectivity index (χ2v) is 6.56. The number of nitrogens with zero attached hydrogens (tertiary/aromatic N) is 2. The molecular weight excluding hydrogens is 334 g/mol. The van der Waals surface area contributed by atoms with Crippen molar-refractivity contribution >= 4 is 40.4 Å². The molecule has 1 saturated heterocycles. The van der Waals surface area contributed by atoms with E-state index in [1.165, 1.54) is 11.3 Å². The van der Waals surface area contributed by atoms with Crippen molar-refractivity contribution in [2.24, 2.45) is 5.92 Å². The largest absolute Gasteiger partial charge is 0.336 e. The van der Waals surface area contributed by atoms with E-state index in [1.807, 2.05) is 17.5 Å². The van der Waals surface area contributed by atoms with Crippen LogP contribution in [0.3, 0.4) is 0 Å². The molecule has 0 aliphatic carbocycles. The topological polar surface area (TPSA) is 73.2 Å². The Kier molecular flexibility index (Phi) is 4.33. The van der Waals surface area contributed by atoms with Gasteiger partial charge >= 0.3 is 0 Å². The molecule has 116 valence electrons. The normalized spacial score (nSPS) is 14.0. The first-order chi connectivity index (χ1) is 11.1. The Morgan fingerprint density at radius 1 is 1.35 bits per heavy atom. The monoisotopic (exact) mass is 345 g/mol. The Bertz CT molecular complexity index is 792. The van der Waals surface area contributed by atoms with Crippen molar-refractivity contribution in [3.05, 3.63) is 51.2 Å². The molecule has 2 aromatic rings. The molecule has 7 heteroatoms. The molecule has 1 aliphatic heterocycles. The number of carbonyl (C=O) groups is 2. The molecule has 23 heavy (non-hydrogen) atoms. The smallest absolute Gasteiger partial charge is 0.263 e. The number of nitrogens with one attached hydrogen (secondary N) is 1. The van der Waals surface area contributed by atoms with Crippen molar-refractivity contribution in [3.8, 4) is 6.07 Å². The van der Waals surface area contributed by atoms with E-state index in [2.05, 4.69) is 5.32 Å². The minimum Gasteiger partial charge on any atom is -0.336 e. The number of benzene rings is 1. The van der Waals surface area contributed by atoms with Gasteiger partial charge < -0.3 is 10.2 Å². The van der Waals surface area contributed by atoms with Crippen molar-refractivity contribution < 1.29 is 9.59 Å². The first kappa shape index (κ1) is 15.5. The predicted molar refractivity (Wildman–Crippen MR) is 88.5 cm³/mol. The minimum atomic E-state index is -0.274. The van der Waals surface area contributed by atoms with Crippen LogP contribution in [0.25, 0.3) is 0 Å². The maximum atomic E-state index is 12.2. The molecule has 0 spiro atoms. The lowest BCUT2D eigenvalue weighted by atomic mass is 9.98. The number of nitriles is 1. The van der Waals surface area contributed by atoms with Gasteiger partial charge in [-0.25, -0.2) is 0 Å². The third kappa shape index (κ3) is 3.21. The number of amides is 2. The summed E-state index contributed by atoms with van der Waals surface area (Å²) in [7, 11) is 0. The lowest BCUT2D eigenvalue weighted by molar-refractivity contribution is -0.123. The van der Waals surface area contributed by atoms with Gasteiger partial charge in [0.05, 0.1) is 22.0 Å². The molecule has 0 saturated carbocycles. The molecule has 1 aromatic heterocycles. The van der Waals surface area contributed by atoms with Gasteiger partial charge in [0.25, 0.3) is 5.91 Å². The van der Waals surface area contributed by atoms with Gasteiger partial charge in [-0.2, -0.15) is 5.26 Å². The van der Waals surface area contributed by atoms with Crippen LogP contribution in [0.15, 0.2) is 35.7 Å². The lowest BCUT2D eigenvalue weighted by Crippen LogP contribution is -2.54. The zero-order valence-electron chi connectivity index (χ0n) is 12.0. The van der Waals surface area contributed by atoms with Crippen LogP contribution in [0.4, 0.5) is 5.69 Å². The van der Waals surface area contributed by atoms with Crippen LogP contribution in [0, 0.1) is 17.2 Å². The van der Waals surface area contributed by atoms with E-state index in [0.29, 0.717) is 34.2 Å². The number of carbonyl (C=O) groups excluding carboxylic acids is 2. The van der Waals surface area contributed by atoms with Crippen LogP contribution < -0.4 is 5.32 Å². The highest BCUT2D eigenvalue weighted by Crippen LogP contribution is 2.25. The average Bonchev–Trinajstić information content (AvgIpc) is 3.00. The van der Waals surface area contributed by atoms with E-state index in [-0.39, 0.29) is 17.7 Å². The first-order valence-corrected chi connectivity index (χ1v) is 8.17. The lowest BCUT2D eigenvalue weighted by Gasteiger charge is -2.37. The molecule has 2 heterocycles. The average molecular weight is 346 g/mol. The number of hydrogen-bond acceptors (Lipinski definition) is 4. The zero-order chi connectivity index (χ0) is 16.4. The molecule has 1 aromatic carbocycles. The quantitative estimate of drug-likeness (QED) is 0.929. The first-order valence-electron chi connectivity index (χ1n) is 6.92. The van der Waals surface area contributed by atoms with Gasteiger partial charge in [-0.15, -0.1) is 11.3 Å². The molecule has 2 amide bonds. The number of anilines is 1. The van der Waals surface area contributed by atoms with Gasteiger partial charge in [-0.1, -0.05) is 17.7 Å². The molecule has 1 N–H and O–H groups in total. The maximum absolute atomic E-state index is 12.2. The fourth-order valence-electron chi connectivity index (χ4n) is 2.32. The summed E-state index contributed by atoms with van der Waals surface area (Å²) in [5.74, 6) is -0.534. The van der Waals surface area contributed by atoms with Gasteiger partial charge in [0, 0.05) is 18.1 Å². The van der Waals surface area contributed by atoms with E-state index in [4.69, 9.17) is 16.9 Å². The summed E-state index contributed by atoms with van der Waals surface area (Å²) in [5.41, 5.74) is 0.752. The van der Waals surface area contributed by atoms with Crippen molar-refractivity contribution in [2.75, 3.05) is 18.4 Å². The van der Waals surface area contributed by atoms with Crippen molar-refractivity contribution in [1.29, 1.82) is 5.26 Å². The van der Waals surface area contributed by atoms with Crippen LogP contribution >= 0.6 is 22.9 Å². The molecular formula is C16H12ClN3O2S. The minimum absolute atomic E-state index is 0.0514. The summed E-state index contributed by atoms with van der Waals surface area (Å²) >= 11 is 7.28. The Morgan fingerprint density at radius 2 is 2.13 bits per heavy atom. The van der Waals surface area contributed by atoms with E-state index >= 15 is 0 Å². The van der Waals surface area contributed by atoms with E-state index in [0.717, 1.165) is 0 Å². The Labute approximate surface area is 142 Å². The Morgan fingerprint density at radius 3 is 2.78 bits per heavy atom. The highest BCUT2D eigenvalue weighted by atomic mass is 35.5. The van der Waals surface area contributed by atoms with E-state index < -0.39 is 0 Å². The van der Waals surface area contributed by atoms with Gasteiger partial charge in [-0.3, -0.25) is 9.59 Å². The number of rotatable bonds is 3. The third-order valence-corrected chi connectivity index (χ3v) is 4.72. The molecule has 3 rings (SSSR count). The molecule has 0 atom stereocenters. The van der Waals surface area contributed by atoms with Crippen LogP contribution in [0.2, 0.25) is 5.02 Å². The summed E-state index contributed by atoms with van der Waals surface area (Å²) in [5, 5.41) is 14.1. The summed E-state index contributed by atoms with van der Waals surface area (Å²) in [4.78, 5) is 26.6. The number of hydrogen-bond donors (Lipinski definition) is 1. The molecule has 5 nitrogen and oxygen atoms in total. The zero-order valence-corrected chi connectivity index (χ0v) is 13.5. The Hall–Kier alpha value is -2.36. The van der Waals surface area contributed by atoms with Crippen LogP contribution in [0.5, 0.6) is 0 Å². The summed E-state index contributed by atoms with van der Waals surface area (Å²) in [6, 6.07) is 10.3. The van der Waals surface area contributed by atoms with Gasteiger partial charge in [0.15, 0.2) is 0 Å². The van der Waals surface area contributed by atoms with Crippen molar-refractivity contribution in [2.45, 2.75) is 0 Å². The van der Waals surface area contributed by atoms with Crippen molar-refractivity contribution in [3.63, 3.8) is 0 Å². The van der Waals surface area contributed by atoms with Crippen LogP contribution in [-0.2, 0) is 4.79 Å². The predicted octanol–water partition coefficient (Wildman–Crippen LogP) is 2.98. The summed E-state index contributed by atoms with van der Waals surface area (Å²) in [6.07, 6.45) is 0. The van der Waals surface area contributed by atoms with Crippen LogP contribution in [-0.4, -0.2) is 29.8 Å². The molecule has 0 radical (unpaired) electrons. The molecule has 1 fully saturated rings. The van der Waals surface area contributed by atoms with Gasteiger partial charge in [0.1, 0.15) is 6.07 Å². The fraction of sp³-hybridized carbons (Fsp3) is 0.188. The van der Waals surface area contributed by atoms with Crippen molar-refractivity contribution in [1.82, 2.24) is 4.90 Å². The van der Waals surface area contributed by atoms with Crippen LogP contribution in [0.1, 0.15) is 15.2 Å². The standard InChI is InChI=1S/C16H12ClN3O2S/c17-12-4-3-10(7-18)13(6-12)19-15(21)11-8-20(9-11)16(22)14-2-1-5-23-14/h1-6,11H,8-9H2,(H,19,21). The molecule has 1 aliphatic rings. The highest BCUT2D eigenvalue weighted by molar-refractivity contribution is 7.12. The molecule has 0 unspecified atom stereocenters. The number of likely N-dealkylation sites (tertiary alicyclic amines) is 1. The third-order valence-electron chi connectivity index (χ3n) is 3.63.